The summed E-state index contributed by atoms with van der Waals surface area (Å²) < 4.78 is 4.52. The Bertz CT molecular complexity index is 626. The zero-order valence-electron chi connectivity index (χ0n) is 10.5. The van der Waals surface area contributed by atoms with Gasteiger partial charge in [0.15, 0.2) is 5.82 Å². The van der Waals surface area contributed by atoms with E-state index in [1.54, 1.807) is 13.1 Å². The second kappa shape index (κ2) is 5.78. The normalized spacial score (nSPS) is 10.1. The van der Waals surface area contributed by atoms with Crippen LogP contribution in [0, 0.1) is 10.1 Å². The summed E-state index contributed by atoms with van der Waals surface area (Å²) in [7, 11) is 1.54. The number of hydrogen-bond donors (Lipinski definition) is 2. The summed E-state index contributed by atoms with van der Waals surface area (Å²) in [5.74, 6) is -0.302. The Morgan fingerprint density at radius 1 is 1.50 bits per heavy atom. The Hall–Kier alpha value is -2.97. The number of carbonyl (C=O) groups is 1. The van der Waals surface area contributed by atoms with E-state index in [0.29, 0.717) is 0 Å². The molecule has 2 aromatic rings. The van der Waals surface area contributed by atoms with Gasteiger partial charge in [0.25, 0.3) is 5.91 Å². The molecule has 0 atom stereocenters. The van der Waals surface area contributed by atoms with Crippen LogP contribution in [0.1, 0.15) is 16.2 Å². The first kappa shape index (κ1) is 13.5. The van der Waals surface area contributed by atoms with Crippen molar-refractivity contribution in [3.8, 4) is 0 Å². The van der Waals surface area contributed by atoms with Gasteiger partial charge < -0.3 is 15.2 Å². The molecule has 2 N–H and O–H groups in total. The number of amides is 1. The number of benzene rings is 1. The van der Waals surface area contributed by atoms with E-state index in [4.69, 9.17) is 0 Å². The third-order valence-corrected chi connectivity index (χ3v) is 2.55. The molecule has 0 aliphatic carbocycles. The van der Waals surface area contributed by atoms with E-state index < -0.39 is 10.8 Å². The molecule has 20 heavy (non-hydrogen) atoms. The average molecular weight is 277 g/mol. The predicted molar refractivity (Wildman–Crippen MR) is 68.1 cm³/mol. The number of rotatable bonds is 5. The minimum absolute atomic E-state index is 0.0241. The van der Waals surface area contributed by atoms with Gasteiger partial charge >= 0.3 is 5.69 Å². The molecule has 0 aliphatic rings. The first-order chi connectivity index (χ1) is 9.63. The topological polar surface area (TPSA) is 123 Å². The molecule has 1 aromatic heterocycles. The van der Waals surface area contributed by atoms with E-state index in [2.05, 4.69) is 25.3 Å². The minimum Gasteiger partial charge on any atom is -0.383 e. The predicted octanol–water partition coefficient (Wildman–Crippen LogP) is 0.949. The van der Waals surface area contributed by atoms with Crippen molar-refractivity contribution in [3.63, 3.8) is 0 Å². The number of aromatic nitrogens is 2. The van der Waals surface area contributed by atoms with Crippen LogP contribution >= 0.6 is 0 Å². The van der Waals surface area contributed by atoms with Crippen LogP contribution in [-0.2, 0) is 6.54 Å². The summed E-state index contributed by atoms with van der Waals surface area (Å²) in [5, 5.41) is 19.8. The Kier molecular flexibility index (Phi) is 3.89. The van der Waals surface area contributed by atoms with E-state index in [-0.39, 0.29) is 29.3 Å². The van der Waals surface area contributed by atoms with Crippen molar-refractivity contribution >= 4 is 17.3 Å². The van der Waals surface area contributed by atoms with Gasteiger partial charge in [-0.25, -0.2) is 0 Å². The Balaban J connectivity index is 2.23. The van der Waals surface area contributed by atoms with Gasteiger partial charge in [-0.1, -0.05) is 11.2 Å². The van der Waals surface area contributed by atoms with E-state index in [1.807, 2.05) is 0 Å². The van der Waals surface area contributed by atoms with Crippen molar-refractivity contribution in [3.05, 3.63) is 46.1 Å². The fourth-order valence-electron chi connectivity index (χ4n) is 1.65. The average Bonchev–Trinajstić information content (AvgIpc) is 2.96. The molecule has 0 unspecified atom stereocenters. The zero-order valence-corrected chi connectivity index (χ0v) is 10.5. The zero-order chi connectivity index (χ0) is 14.5. The first-order valence-electron chi connectivity index (χ1n) is 5.62. The second-order valence-electron chi connectivity index (χ2n) is 3.74. The van der Waals surface area contributed by atoms with Crippen LogP contribution < -0.4 is 10.6 Å². The molecule has 1 heterocycles. The van der Waals surface area contributed by atoms with Gasteiger partial charge in [-0.05, 0) is 12.1 Å². The summed E-state index contributed by atoms with van der Waals surface area (Å²) in [6, 6.07) is 4.46. The van der Waals surface area contributed by atoms with Crippen LogP contribution in [0.15, 0.2) is 29.1 Å². The van der Waals surface area contributed by atoms with Crippen molar-refractivity contribution in [2.75, 3.05) is 12.4 Å². The monoisotopic (exact) mass is 277 g/mol. The van der Waals surface area contributed by atoms with Gasteiger partial charge in [0.2, 0.25) is 6.39 Å². The molecule has 0 saturated heterocycles. The lowest BCUT2D eigenvalue weighted by Gasteiger charge is -2.07. The van der Waals surface area contributed by atoms with E-state index in [1.165, 1.54) is 12.1 Å². The van der Waals surface area contributed by atoms with Crippen molar-refractivity contribution in [2.24, 2.45) is 0 Å². The largest absolute Gasteiger partial charge is 0.383 e. The Labute approximate surface area is 113 Å². The molecule has 1 aromatic carbocycles. The quantitative estimate of drug-likeness (QED) is 0.615. The maximum Gasteiger partial charge on any atom is 0.305 e. The minimum atomic E-state index is -0.602. The van der Waals surface area contributed by atoms with Crippen molar-refractivity contribution in [1.29, 1.82) is 0 Å². The molecular weight excluding hydrogens is 266 g/mol. The summed E-state index contributed by atoms with van der Waals surface area (Å²) in [4.78, 5) is 26.2. The van der Waals surface area contributed by atoms with Gasteiger partial charge in [0, 0.05) is 7.05 Å². The lowest BCUT2D eigenvalue weighted by Crippen LogP contribution is -2.24. The van der Waals surface area contributed by atoms with Crippen molar-refractivity contribution in [1.82, 2.24) is 15.5 Å². The summed E-state index contributed by atoms with van der Waals surface area (Å²) in [6.07, 6.45) is 1.13. The molecule has 1 amide bonds. The number of nitrogens with zero attached hydrogens (tertiary/aromatic N) is 3. The molecule has 0 fully saturated rings. The lowest BCUT2D eigenvalue weighted by molar-refractivity contribution is -0.384. The molecule has 0 bridgehead atoms. The number of para-hydroxylation sites is 1. The third-order valence-electron chi connectivity index (χ3n) is 2.55. The summed E-state index contributed by atoms with van der Waals surface area (Å²) >= 11 is 0. The van der Waals surface area contributed by atoms with Crippen LogP contribution in [0.4, 0.5) is 11.4 Å². The molecular formula is C11H11N5O4. The molecule has 0 saturated carbocycles. The number of anilines is 1. The molecule has 104 valence electrons. The number of nitro benzene ring substituents is 1. The molecule has 9 heteroatoms. The lowest BCUT2D eigenvalue weighted by atomic mass is 10.1. The number of hydrogen-bond acceptors (Lipinski definition) is 7. The second-order valence-corrected chi connectivity index (χ2v) is 3.74. The molecule has 2 rings (SSSR count). The number of nitro groups is 1. The van der Waals surface area contributed by atoms with Crippen LogP contribution in [-0.4, -0.2) is 28.0 Å². The van der Waals surface area contributed by atoms with Crippen molar-refractivity contribution in [2.45, 2.75) is 6.54 Å². The van der Waals surface area contributed by atoms with Crippen LogP contribution in [0.5, 0.6) is 0 Å². The molecule has 9 nitrogen and oxygen atoms in total. The van der Waals surface area contributed by atoms with Gasteiger partial charge in [0.1, 0.15) is 11.3 Å². The maximum absolute atomic E-state index is 12.0. The van der Waals surface area contributed by atoms with E-state index in [9.17, 15) is 14.9 Å². The number of carbonyl (C=O) groups excluding carboxylic acids is 1. The SMILES string of the molecule is CNc1cccc(C(=O)NCc2ncon2)c1[N+](=O)[O-]. The van der Waals surface area contributed by atoms with Crippen molar-refractivity contribution < 1.29 is 14.2 Å². The van der Waals surface area contributed by atoms with Crippen LogP contribution in [0.2, 0.25) is 0 Å². The van der Waals surface area contributed by atoms with Crippen LogP contribution in [0.3, 0.4) is 0 Å². The first-order valence-corrected chi connectivity index (χ1v) is 5.62. The van der Waals surface area contributed by atoms with Gasteiger partial charge in [-0.3, -0.25) is 14.9 Å². The van der Waals surface area contributed by atoms with Gasteiger partial charge in [0.05, 0.1) is 11.5 Å². The number of nitrogens with one attached hydrogen (secondary N) is 2. The highest BCUT2D eigenvalue weighted by atomic mass is 16.6. The van der Waals surface area contributed by atoms with E-state index in [0.717, 1.165) is 6.39 Å². The summed E-state index contributed by atoms with van der Waals surface area (Å²) in [5.41, 5.74) is -0.0480. The fraction of sp³-hybridized carbons (Fsp3) is 0.182. The van der Waals surface area contributed by atoms with Gasteiger partial charge in [-0.2, -0.15) is 4.98 Å². The van der Waals surface area contributed by atoms with Gasteiger partial charge in [-0.15, -0.1) is 0 Å². The third kappa shape index (κ3) is 2.71. The Morgan fingerprint density at radius 2 is 2.30 bits per heavy atom. The fourth-order valence-corrected chi connectivity index (χ4v) is 1.65. The highest BCUT2D eigenvalue weighted by molar-refractivity contribution is 6.00. The standard InChI is InChI=1S/C11H11N5O4/c1-12-8-4-2-3-7(10(8)16(18)19)11(17)13-5-9-14-6-20-15-9/h2-4,6,12H,5H2,1H3,(H,13,17). The maximum atomic E-state index is 12.0. The molecule has 0 aliphatic heterocycles. The van der Waals surface area contributed by atoms with E-state index >= 15 is 0 Å². The van der Waals surface area contributed by atoms with Crippen LogP contribution in [0.25, 0.3) is 0 Å². The molecule has 0 spiro atoms. The highest BCUT2D eigenvalue weighted by Crippen LogP contribution is 2.28. The smallest absolute Gasteiger partial charge is 0.305 e. The summed E-state index contributed by atoms with van der Waals surface area (Å²) in [6.45, 7) is 0.0241. The molecule has 0 radical (unpaired) electrons. The Morgan fingerprint density at radius 3 is 2.90 bits per heavy atom. The highest BCUT2D eigenvalue weighted by Gasteiger charge is 2.23.